The van der Waals surface area contributed by atoms with Gasteiger partial charge in [0.1, 0.15) is 5.82 Å². The summed E-state index contributed by atoms with van der Waals surface area (Å²) < 4.78 is 13.3. The molecular formula is C10H12FNS. The van der Waals surface area contributed by atoms with Gasteiger partial charge in [-0.15, -0.1) is 11.8 Å². The number of rotatable bonds is 2. The van der Waals surface area contributed by atoms with Gasteiger partial charge in [0.15, 0.2) is 0 Å². The highest BCUT2D eigenvalue weighted by molar-refractivity contribution is 7.99. The summed E-state index contributed by atoms with van der Waals surface area (Å²) in [5, 5.41) is 3.34. The average molecular weight is 197 g/mol. The second-order valence-corrected chi connectivity index (χ2v) is 4.11. The Balaban J connectivity index is 2.32. The molecule has 1 atom stereocenters. The van der Waals surface area contributed by atoms with Gasteiger partial charge in [0.05, 0.1) is 0 Å². The molecular weight excluding hydrogens is 185 g/mol. The molecule has 70 valence electrons. The molecule has 0 bridgehead atoms. The van der Waals surface area contributed by atoms with E-state index in [4.69, 9.17) is 0 Å². The lowest BCUT2D eigenvalue weighted by Gasteiger charge is -2.10. The van der Waals surface area contributed by atoms with Crippen molar-refractivity contribution in [3.63, 3.8) is 0 Å². The molecule has 1 heterocycles. The molecule has 2 rings (SSSR count). The first-order valence-electron chi connectivity index (χ1n) is 4.47. The predicted molar refractivity (Wildman–Crippen MR) is 53.5 cm³/mol. The van der Waals surface area contributed by atoms with Gasteiger partial charge >= 0.3 is 0 Å². The van der Waals surface area contributed by atoms with Crippen molar-refractivity contribution in [1.29, 1.82) is 0 Å². The fourth-order valence-electron chi connectivity index (χ4n) is 1.62. The van der Waals surface area contributed by atoms with Crippen LogP contribution in [0.5, 0.6) is 0 Å². The van der Waals surface area contributed by atoms with E-state index < -0.39 is 0 Å². The van der Waals surface area contributed by atoms with Crippen LogP contribution in [0.1, 0.15) is 18.5 Å². The topological polar surface area (TPSA) is 12.0 Å². The quantitative estimate of drug-likeness (QED) is 0.782. The largest absolute Gasteiger partial charge is 0.309 e. The normalized spacial score (nSPS) is 20.3. The Morgan fingerprint density at radius 2 is 2.46 bits per heavy atom. The van der Waals surface area contributed by atoms with E-state index >= 15 is 0 Å². The maximum absolute atomic E-state index is 13.3. The van der Waals surface area contributed by atoms with Crippen LogP contribution in [-0.4, -0.2) is 12.3 Å². The first kappa shape index (κ1) is 9.03. The van der Waals surface area contributed by atoms with Crippen molar-refractivity contribution >= 4 is 11.8 Å². The summed E-state index contributed by atoms with van der Waals surface area (Å²) in [6.45, 7) is 3.00. The SMILES string of the molecule is CCNC1CSc2c(F)cccc21. The van der Waals surface area contributed by atoms with Crippen LogP contribution in [0.15, 0.2) is 23.1 Å². The number of nitrogens with one attached hydrogen (secondary N) is 1. The highest BCUT2D eigenvalue weighted by atomic mass is 32.2. The molecule has 1 aliphatic heterocycles. The number of hydrogen-bond acceptors (Lipinski definition) is 2. The van der Waals surface area contributed by atoms with Crippen molar-refractivity contribution < 1.29 is 4.39 Å². The van der Waals surface area contributed by atoms with Crippen LogP contribution < -0.4 is 5.32 Å². The molecule has 0 amide bonds. The zero-order chi connectivity index (χ0) is 9.26. The van der Waals surface area contributed by atoms with Crippen molar-refractivity contribution in [1.82, 2.24) is 5.32 Å². The predicted octanol–water partition coefficient (Wildman–Crippen LogP) is 2.58. The van der Waals surface area contributed by atoms with Crippen LogP contribution in [-0.2, 0) is 0 Å². The Kier molecular flexibility index (Phi) is 2.56. The molecule has 0 saturated heterocycles. The summed E-state index contributed by atoms with van der Waals surface area (Å²) in [6, 6.07) is 5.65. The molecule has 3 heteroatoms. The molecule has 0 spiro atoms. The molecule has 1 aromatic rings. The lowest BCUT2D eigenvalue weighted by molar-refractivity contribution is 0.575. The molecule has 1 N–H and O–H groups in total. The monoisotopic (exact) mass is 197 g/mol. The van der Waals surface area contributed by atoms with E-state index in [-0.39, 0.29) is 5.82 Å². The van der Waals surface area contributed by atoms with Crippen molar-refractivity contribution in [2.45, 2.75) is 17.9 Å². The zero-order valence-electron chi connectivity index (χ0n) is 7.51. The highest BCUT2D eigenvalue weighted by Crippen LogP contribution is 2.39. The summed E-state index contributed by atoms with van der Waals surface area (Å²) in [6.07, 6.45) is 0. The summed E-state index contributed by atoms with van der Waals surface area (Å²) in [5.74, 6) is 0.868. The molecule has 0 fully saturated rings. The minimum atomic E-state index is -0.0806. The molecule has 0 saturated carbocycles. The third-order valence-corrected chi connectivity index (χ3v) is 3.44. The van der Waals surface area contributed by atoms with Crippen molar-refractivity contribution in [3.8, 4) is 0 Å². The van der Waals surface area contributed by atoms with Crippen LogP contribution in [0.2, 0.25) is 0 Å². The van der Waals surface area contributed by atoms with Crippen molar-refractivity contribution in [3.05, 3.63) is 29.6 Å². The standard InChI is InChI=1S/C10H12FNS/c1-2-12-9-6-13-10-7(9)4-3-5-8(10)11/h3-5,9,12H,2,6H2,1H3. The second kappa shape index (κ2) is 3.68. The number of thioether (sulfide) groups is 1. The van der Waals surface area contributed by atoms with Crippen LogP contribution in [0, 0.1) is 5.82 Å². The average Bonchev–Trinajstić information content (AvgIpc) is 2.51. The van der Waals surface area contributed by atoms with E-state index in [1.54, 1.807) is 17.8 Å². The smallest absolute Gasteiger partial charge is 0.137 e. The van der Waals surface area contributed by atoms with E-state index in [9.17, 15) is 4.39 Å². The summed E-state index contributed by atoms with van der Waals surface area (Å²) >= 11 is 1.61. The molecule has 0 radical (unpaired) electrons. The van der Waals surface area contributed by atoms with Gasteiger partial charge in [-0.1, -0.05) is 19.1 Å². The maximum Gasteiger partial charge on any atom is 0.137 e. The Morgan fingerprint density at radius 3 is 3.23 bits per heavy atom. The van der Waals surface area contributed by atoms with Crippen molar-refractivity contribution in [2.75, 3.05) is 12.3 Å². The number of hydrogen-bond donors (Lipinski definition) is 1. The number of benzene rings is 1. The Labute approximate surface area is 81.7 Å². The van der Waals surface area contributed by atoms with Gasteiger partial charge in [-0.05, 0) is 18.2 Å². The number of fused-ring (bicyclic) bond motifs is 1. The van der Waals surface area contributed by atoms with E-state index in [0.29, 0.717) is 6.04 Å². The van der Waals surface area contributed by atoms with Gasteiger partial charge in [-0.3, -0.25) is 0 Å². The van der Waals surface area contributed by atoms with Gasteiger partial charge in [-0.2, -0.15) is 0 Å². The van der Waals surface area contributed by atoms with Crippen LogP contribution >= 0.6 is 11.8 Å². The van der Waals surface area contributed by atoms with E-state index in [1.165, 1.54) is 6.07 Å². The fourth-order valence-corrected chi connectivity index (χ4v) is 2.84. The third-order valence-electron chi connectivity index (χ3n) is 2.22. The summed E-state index contributed by atoms with van der Waals surface area (Å²) in [5.41, 5.74) is 1.12. The number of halogens is 1. The van der Waals surface area contributed by atoms with Crippen LogP contribution in [0.3, 0.4) is 0 Å². The van der Waals surface area contributed by atoms with Crippen LogP contribution in [0.4, 0.5) is 4.39 Å². The highest BCUT2D eigenvalue weighted by Gasteiger charge is 2.24. The molecule has 1 nitrogen and oxygen atoms in total. The Hall–Kier alpha value is -0.540. The molecule has 1 aliphatic rings. The minimum Gasteiger partial charge on any atom is -0.309 e. The molecule has 13 heavy (non-hydrogen) atoms. The van der Waals surface area contributed by atoms with E-state index in [1.807, 2.05) is 6.07 Å². The lowest BCUT2D eigenvalue weighted by atomic mass is 10.1. The fraction of sp³-hybridized carbons (Fsp3) is 0.400. The molecule has 0 aliphatic carbocycles. The lowest BCUT2D eigenvalue weighted by Crippen LogP contribution is -2.20. The Morgan fingerprint density at radius 1 is 1.62 bits per heavy atom. The first-order valence-corrected chi connectivity index (χ1v) is 5.46. The van der Waals surface area contributed by atoms with Gasteiger partial charge in [0, 0.05) is 16.7 Å². The molecule has 1 aromatic carbocycles. The van der Waals surface area contributed by atoms with E-state index in [2.05, 4.69) is 12.2 Å². The van der Waals surface area contributed by atoms with Crippen molar-refractivity contribution in [2.24, 2.45) is 0 Å². The second-order valence-electron chi connectivity index (χ2n) is 3.08. The van der Waals surface area contributed by atoms with Gasteiger partial charge in [-0.25, -0.2) is 4.39 Å². The third kappa shape index (κ3) is 1.58. The Bertz CT molecular complexity index is 314. The van der Waals surface area contributed by atoms with Crippen LogP contribution in [0.25, 0.3) is 0 Å². The first-order chi connectivity index (χ1) is 6.33. The molecule has 1 unspecified atom stereocenters. The van der Waals surface area contributed by atoms with Gasteiger partial charge in [0.25, 0.3) is 0 Å². The zero-order valence-corrected chi connectivity index (χ0v) is 8.33. The molecule has 0 aromatic heterocycles. The van der Waals surface area contributed by atoms with Gasteiger partial charge in [0.2, 0.25) is 0 Å². The maximum atomic E-state index is 13.3. The summed E-state index contributed by atoms with van der Waals surface area (Å²) in [7, 11) is 0. The minimum absolute atomic E-state index is 0.0806. The summed E-state index contributed by atoms with van der Waals surface area (Å²) in [4.78, 5) is 0.827. The van der Waals surface area contributed by atoms with E-state index in [0.717, 1.165) is 22.8 Å². The van der Waals surface area contributed by atoms with Gasteiger partial charge < -0.3 is 5.32 Å².